The number of imidazole rings is 1. The Morgan fingerprint density at radius 1 is 1.62 bits per heavy atom. The lowest BCUT2D eigenvalue weighted by Gasteiger charge is -2.19. The second-order valence-corrected chi connectivity index (χ2v) is 3.59. The summed E-state index contributed by atoms with van der Waals surface area (Å²) in [5.41, 5.74) is 3.67. The number of aromatic amines is 1. The van der Waals surface area contributed by atoms with Crippen molar-refractivity contribution in [3.63, 3.8) is 0 Å². The van der Waals surface area contributed by atoms with Crippen molar-refractivity contribution in [2.24, 2.45) is 0 Å². The highest BCUT2D eigenvalue weighted by molar-refractivity contribution is 5.63. The maximum atomic E-state index is 4.53. The highest BCUT2D eigenvalue weighted by atomic mass is 15.1. The van der Waals surface area contributed by atoms with Crippen molar-refractivity contribution in [2.45, 2.75) is 26.8 Å². The van der Waals surface area contributed by atoms with Crippen LogP contribution in [0, 0.1) is 0 Å². The molecule has 3 heteroatoms. The first-order chi connectivity index (χ1) is 6.20. The molecule has 0 spiro atoms. The Kier molecular flexibility index (Phi) is 1.87. The second-order valence-electron chi connectivity index (χ2n) is 3.59. The minimum atomic E-state index is 0.920. The summed E-state index contributed by atoms with van der Waals surface area (Å²) in [6.45, 7) is 5.16. The number of nitrogens with one attached hydrogen (secondary N) is 1. The molecule has 0 saturated heterocycles. The molecule has 0 aromatic carbocycles. The van der Waals surface area contributed by atoms with Crippen LogP contribution in [0.1, 0.15) is 31.1 Å². The van der Waals surface area contributed by atoms with Gasteiger partial charge in [0.15, 0.2) is 0 Å². The molecule has 0 fully saturated rings. The second kappa shape index (κ2) is 2.91. The normalized spacial score (nSPS) is 15.6. The van der Waals surface area contributed by atoms with Gasteiger partial charge in [0.05, 0.1) is 17.9 Å². The van der Waals surface area contributed by atoms with Gasteiger partial charge in [0.25, 0.3) is 0 Å². The van der Waals surface area contributed by atoms with Gasteiger partial charge in [-0.3, -0.25) is 0 Å². The highest BCUT2D eigenvalue weighted by Crippen LogP contribution is 2.23. The number of aromatic nitrogens is 2. The van der Waals surface area contributed by atoms with Crippen LogP contribution in [0.2, 0.25) is 0 Å². The molecule has 2 rings (SSSR count). The van der Waals surface area contributed by atoms with Gasteiger partial charge in [-0.05, 0) is 12.5 Å². The van der Waals surface area contributed by atoms with Crippen molar-refractivity contribution in [1.82, 2.24) is 14.9 Å². The number of fused-ring (bicyclic) bond motifs is 1. The topological polar surface area (TPSA) is 31.9 Å². The molecule has 0 atom stereocenters. The van der Waals surface area contributed by atoms with Crippen molar-refractivity contribution in [3.05, 3.63) is 23.4 Å². The van der Waals surface area contributed by atoms with Gasteiger partial charge in [-0.15, -0.1) is 0 Å². The van der Waals surface area contributed by atoms with Crippen LogP contribution in [0.25, 0.3) is 5.57 Å². The average molecular weight is 177 g/mol. The molecule has 0 saturated carbocycles. The molecule has 0 aliphatic carbocycles. The molecule has 1 aromatic heterocycles. The SMILES string of the molecule is CCc1nc2c([nH]1)C(C)=CN(C)C2. The van der Waals surface area contributed by atoms with Gasteiger partial charge >= 0.3 is 0 Å². The monoisotopic (exact) mass is 177 g/mol. The number of H-pyrrole nitrogens is 1. The van der Waals surface area contributed by atoms with Gasteiger partial charge in [0.2, 0.25) is 0 Å². The minimum Gasteiger partial charge on any atom is -0.374 e. The van der Waals surface area contributed by atoms with E-state index in [1.807, 2.05) is 0 Å². The molecule has 1 aromatic rings. The van der Waals surface area contributed by atoms with Crippen molar-refractivity contribution < 1.29 is 0 Å². The number of allylic oxidation sites excluding steroid dienone is 1. The number of hydrogen-bond donors (Lipinski definition) is 1. The van der Waals surface area contributed by atoms with E-state index in [-0.39, 0.29) is 0 Å². The summed E-state index contributed by atoms with van der Waals surface area (Å²) >= 11 is 0. The Morgan fingerprint density at radius 3 is 3.08 bits per heavy atom. The molecule has 13 heavy (non-hydrogen) atoms. The molecule has 1 N–H and O–H groups in total. The summed E-state index contributed by atoms with van der Waals surface area (Å²) in [6, 6.07) is 0. The lowest BCUT2D eigenvalue weighted by atomic mass is 10.1. The van der Waals surface area contributed by atoms with Gasteiger partial charge in [0.1, 0.15) is 5.82 Å². The van der Waals surface area contributed by atoms with Gasteiger partial charge in [-0.1, -0.05) is 6.92 Å². The van der Waals surface area contributed by atoms with Gasteiger partial charge in [0, 0.05) is 19.7 Å². The Labute approximate surface area is 78.5 Å². The Morgan fingerprint density at radius 2 is 2.38 bits per heavy atom. The van der Waals surface area contributed by atoms with E-state index in [4.69, 9.17) is 0 Å². The van der Waals surface area contributed by atoms with E-state index in [0.29, 0.717) is 0 Å². The Balaban J connectivity index is 2.44. The average Bonchev–Trinajstić information content (AvgIpc) is 2.47. The molecule has 70 valence electrons. The van der Waals surface area contributed by atoms with E-state index in [0.717, 1.165) is 18.8 Å². The van der Waals surface area contributed by atoms with E-state index in [2.05, 4.69) is 42.0 Å². The largest absolute Gasteiger partial charge is 0.374 e. The third kappa shape index (κ3) is 1.34. The summed E-state index contributed by atoms with van der Waals surface area (Å²) in [5, 5.41) is 0. The highest BCUT2D eigenvalue weighted by Gasteiger charge is 2.16. The van der Waals surface area contributed by atoms with Crippen LogP contribution in [0.5, 0.6) is 0 Å². The molecule has 1 aliphatic rings. The minimum absolute atomic E-state index is 0.920. The summed E-state index contributed by atoms with van der Waals surface area (Å²) in [4.78, 5) is 10.0. The fraction of sp³-hybridized carbons (Fsp3) is 0.500. The van der Waals surface area contributed by atoms with Gasteiger partial charge in [-0.2, -0.15) is 0 Å². The van der Waals surface area contributed by atoms with E-state index in [1.54, 1.807) is 0 Å². The van der Waals surface area contributed by atoms with E-state index in [1.165, 1.54) is 17.0 Å². The molecule has 0 amide bonds. The maximum Gasteiger partial charge on any atom is 0.106 e. The quantitative estimate of drug-likeness (QED) is 0.709. The van der Waals surface area contributed by atoms with E-state index < -0.39 is 0 Å². The molecule has 0 unspecified atom stereocenters. The molecule has 1 aliphatic heterocycles. The Bertz CT molecular complexity index is 349. The standard InChI is InChI=1S/C10H15N3/c1-4-9-11-8-6-13(3)5-7(2)10(8)12-9/h5H,4,6H2,1-3H3,(H,11,12). The molecular formula is C10H15N3. The fourth-order valence-corrected chi connectivity index (χ4v) is 1.75. The van der Waals surface area contributed by atoms with Crippen LogP contribution in [-0.2, 0) is 13.0 Å². The lowest BCUT2D eigenvalue weighted by molar-refractivity contribution is 0.439. The summed E-state index contributed by atoms with van der Waals surface area (Å²) < 4.78 is 0. The van der Waals surface area contributed by atoms with Crippen LogP contribution in [0.3, 0.4) is 0 Å². The van der Waals surface area contributed by atoms with Crippen LogP contribution < -0.4 is 0 Å². The van der Waals surface area contributed by atoms with Crippen LogP contribution >= 0.6 is 0 Å². The van der Waals surface area contributed by atoms with Crippen LogP contribution in [0.4, 0.5) is 0 Å². The van der Waals surface area contributed by atoms with Crippen molar-refractivity contribution in [3.8, 4) is 0 Å². The Hall–Kier alpha value is -1.25. The number of aryl methyl sites for hydroxylation is 1. The predicted octanol–water partition coefficient (Wildman–Crippen LogP) is 1.78. The smallest absolute Gasteiger partial charge is 0.106 e. The summed E-state index contributed by atoms with van der Waals surface area (Å²) in [5.74, 6) is 1.09. The zero-order valence-electron chi connectivity index (χ0n) is 8.39. The molecule has 0 bridgehead atoms. The van der Waals surface area contributed by atoms with Crippen molar-refractivity contribution in [2.75, 3.05) is 7.05 Å². The first-order valence-electron chi connectivity index (χ1n) is 4.67. The first-order valence-corrected chi connectivity index (χ1v) is 4.67. The first kappa shape index (κ1) is 8.35. The number of hydrogen-bond acceptors (Lipinski definition) is 2. The molecular weight excluding hydrogens is 162 g/mol. The molecule has 3 nitrogen and oxygen atoms in total. The van der Waals surface area contributed by atoms with E-state index >= 15 is 0 Å². The maximum absolute atomic E-state index is 4.53. The van der Waals surface area contributed by atoms with Crippen LogP contribution in [-0.4, -0.2) is 21.9 Å². The number of nitrogens with zero attached hydrogens (tertiary/aromatic N) is 2. The van der Waals surface area contributed by atoms with Crippen molar-refractivity contribution in [1.29, 1.82) is 0 Å². The van der Waals surface area contributed by atoms with E-state index in [9.17, 15) is 0 Å². The zero-order valence-corrected chi connectivity index (χ0v) is 8.39. The fourth-order valence-electron chi connectivity index (χ4n) is 1.75. The van der Waals surface area contributed by atoms with Gasteiger partial charge < -0.3 is 9.88 Å². The van der Waals surface area contributed by atoms with Crippen LogP contribution in [0.15, 0.2) is 6.20 Å². The third-order valence-corrected chi connectivity index (χ3v) is 2.37. The molecule has 2 heterocycles. The van der Waals surface area contributed by atoms with Gasteiger partial charge in [-0.25, -0.2) is 4.98 Å². The zero-order chi connectivity index (χ0) is 9.42. The number of rotatable bonds is 1. The van der Waals surface area contributed by atoms with Crippen molar-refractivity contribution >= 4 is 5.57 Å². The summed E-state index contributed by atoms with van der Waals surface area (Å²) in [7, 11) is 2.08. The summed E-state index contributed by atoms with van der Waals surface area (Å²) in [6.07, 6.45) is 3.13. The third-order valence-electron chi connectivity index (χ3n) is 2.37. The predicted molar refractivity (Wildman–Crippen MR) is 53.1 cm³/mol. The molecule has 0 radical (unpaired) electrons. The lowest BCUT2D eigenvalue weighted by Crippen LogP contribution is -2.16.